The van der Waals surface area contributed by atoms with Gasteiger partial charge in [0.1, 0.15) is 10.6 Å². The monoisotopic (exact) mass is 487 g/mol. The van der Waals surface area contributed by atoms with E-state index in [1.807, 2.05) is 54.3 Å². The number of carbonyl (C=O) groups excluding carboxylic acids is 1. The lowest BCUT2D eigenvalue weighted by Crippen LogP contribution is -2.35. The topological polar surface area (TPSA) is 64.4 Å². The average molecular weight is 488 g/mol. The Morgan fingerprint density at radius 1 is 1.17 bits per heavy atom. The van der Waals surface area contributed by atoms with Crippen LogP contribution >= 0.6 is 11.3 Å². The van der Waals surface area contributed by atoms with Crippen molar-refractivity contribution < 1.29 is 9.53 Å². The predicted octanol–water partition coefficient (Wildman–Crippen LogP) is 5.19. The van der Waals surface area contributed by atoms with Crippen LogP contribution in [0.4, 0.5) is 0 Å². The molecule has 0 bridgehead atoms. The molecule has 0 spiro atoms. The first-order valence-electron chi connectivity index (χ1n) is 12.1. The molecule has 6 nitrogen and oxygen atoms in total. The van der Waals surface area contributed by atoms with Crippen LogP contribution in [0.3, 0.4) is 0 Å². The smallest absolute Gasteiger partial charge is 0.262 e. The van der Waals surface area contributed by atoms with E-state index in [1.165, 1.54) is 16.9 Å². The maximum absolute atomic E-state index is 13.4. The van der Waals surface area contributed by atoms with Gasteiger partial charge in [0, 0.05) is 17.0 Å². The lowest BCUT2D eigenvalue weighted by molar-refractivity contribution is 0.0737. The number of hydrogen-bond donors (Lipinski definition) is 0. The summed E-state index contributed by atoms with van der Waals surface area (Å²) in [4.78, 5) is 34.8. The largest absolute Gasteiger partial charge is 0.494 e. The third kappa shape index (κ3) is 4.86. The quantitative estimate of drug-likeness (QED) is 0.337. The van der Waals surface area contributed by atoms with E-state index in [0.29, 0.717) is 43.6 Å². The molecule has 5 rings (SSSR count). The Hall–Kier alpha value is -3.45. The molecule has 3 heterocycles. The molecular weight excluding hydrogens is 458 g/mol. The van der Waals surface area contributed by atoms with E-state index in [-0.39, 0.29) is 11.5 Å². The van der Waals surface area contributed by atoms with Crippen molar-refractivity contribution in [3.05, 3.63) is 92.3 Å². The second-order valence-electron chi connectivity index (χ2n) is 9.05. The van der Waals surface area contributed by atoms with Crippen LogP contribution in [0.1, 0.15) is 51.7 Å². The highest BCUT2D eigenvalue weighted by Gasteiger charge is 2.27. The fourth-order valence-corrected chi connectivity index (χ4v) is 5.72. The fraction of sp³-hybridized carbons (Fsp3) is 0.321. The third-order valence-corrected chi connectivity index (χ3v) is 7.54. The van der Waals surface area contributed by atoms with Crippen molar-refractivity contribution in [3.63, 3.8) is 0 Å². The van der Waals surface area contributed by atoms with Crippen LogP contribution in [0.5, 0.6) is 5.75 Å². The fourth-order valence-electron chi connectivity index (χ4n) is 4.52. The van der Waals surface area contributed by atoms with Gasteiger partial charge >= 0.3 is 0 Å². The number of thiophene rings is 1. The maximum atomic E-state index is 13.4. The lowest BCUT2D eigenvalue weighted by Gasteiger charge is -2.27. The van der Waals surface area contributed by atoms with Crippen LogP contribution in [-0.2, 0) is 19.5 Å². The van der Waals surface area contributed by atoms with Crippen molar-refractivity contribution in [3.8, 4) is 5.75 Å². The first-order valence-corrected chi connectivity index (χ1v) is 12.9. The predicted molar refractivity (Wildman–Crippen MR) is 139 cm³/mol. The van der Waals surface area contributed by atoms with Crippen molar-refractivity contribution in [1.29, 1.82) is 0 Å². The summed E-state index contributed by atoms with van der Waals surface area (Å²) in [5, 5.41) is 0.709. The number of benzene rings is 2. The summed E-state index contributed by atoms with van der Waals surface area (Å²) in [6.07, 6.45) is 4.39. The number of aromatic nitrogens is 2. The average Bonchev–Trinajstić information content (AvgIpc) is 3.24. The van der Waals surface area contributed by atoms with Crippen molar-refractivity contribution >= 4 is 27.5 Å². The van der Waals surface area contributed by atoms with Gasteiger partial charge in [-0.3, -0.25) is 14.2 Å². The Morgan fingerprint density at radius 3 is 2.77 bits per heavy atom. The number of hydrogen-bond acceptors (Lipinski definition) is 5. The Morgan fingerprint density at radius 2 is 2.00 bits per heavy atom. The highest BCUT2D eigenvalue weighted by atomic mass is 32.1. The summed E-state index contributed by atoms with van der Waals surface area (Å²) in [6, 6.07) is 15.5. The standard InChI is InChI=1S/C28H29N3O3S/c1-3-4-14-34-22-10-8-21(9-11-22)27(32)30-13-12-23-24(17-30)35-26-25(23)28(33)31(18-29-26)16-20-7-5-6-19(2)15-20/h5-11,15,18H,3-4,12-14,16-17H2,1-2H3. The molecule has 0 unspecified atom stereocenters. The molecule has 2 aromatic heterocycles. The molecular formula is C28H29N3O3S. The lowest BCUT2D eigenvalue weighted by atomic mass is 10.0. The molecule has 7 heteroatoms. The van der Waals surface area contributed by atoms with Crippen molar-refractivity contribution in [2.24, 2.45) is 0 Å². The van der Waals surface area contributed by atoms with E-state index in [0.717, 1.165) is 39.4 Å². The summed E-state index contributed by atoms with van der Waals surface area (Å²) in [7, 11) is 0. The maximum Gasteiger partial charge on any atom is 0.262 e. The molecule has 0 atom stereocenters. The number of ether oxygens (including phenoxy) is 1. The van der Waals surface area contributed by atoms with Gasteiger partial charge < -0.3 is 9.64 Å². The minimum absolute atomic E-state index is 0.00182. The van der Waals surface area contributed by atoms with Gasteiger partial charge in [0.25, 0.3) is 11.5 Å². The molecule has 1 amide bonds. The highest BCUT2D eigenvalue weighted by molar-refractivity contribution is 7.18. The summed E-state index contributed by atoms with van der Waals surface area (Å²) >= 11 is 1.52. The van der Waals surface area contributed by atoms with Gasteiger partial charge in [-0.05, 0) is 55.2 Å². The molecule has 1 aliphatic heterocycles. The minimum atomic E-state index is -0.00700. The van der Waals surface area contributed by atoms with Gasteiger partial charge in [-0.2, -0.15) is 0 Å². The number of carbonyl (C=O) groups is 1. The molecule has 0 saturated carbocycles. The molecule has 180 valence electrons. The SMILES string of the molecule is CCCCOc1ccc(C(=O)N2CCc3c(sc4ncn(Cc5cccc(C)c5)c(=O)c34)C2)cc1. The Bertz CT molecular complexity index is 1420. The molecule has 35 heavy (non-hydrogen) atoms. The minimum Gasteiger partial charge on any atom is -0.494 e. The Labute approximate surface area is 208 Å². The third-order valence-electron chi connectivity index (χ3n) is 6.42. The van der Waals surface area contributed by atoms with Crippen LogP contribution in [-0.4, -0.2) is 33.5 Å². The van der Waals surface area contributed by atoms with Gasteiger partial charge in [-0.1, -0.05) is 43.2 Å². The molecule has 0 radical (unpaired) electrons. The zero-order valence-corrected chi connectivity index (χ0v) is 20.9. The van der Waals surface area contributed by atoms with Gasteiger partial charge in [0.05, 0.1) is 31.4 Å². The number of amides is 1. The van der Waals surface area contributed by atoms with Crippen LogP contribution in [0.2, 0.25) is 0 Å². The van der Waals surface area contributed by atoms with Gasteiger partial charge in [0.15, 0.2) is 0 Å². The van der Waals surface area contributed by atoms with Gasteiger partial charge in [-0.25, -0.2) is 4.98 Å². The normalized spacial score (nSPS) is 13.1. The summed E-state index contributed by atoms with van der Waals surface area (Å²) < 4.78 is 7.40. The van der Waals surface area contributed by atoms with E-state index >= 15 is 0 Å². The van der Waals surface area contributed by atoms with Gasteiger partial charge in [0.2, 0.25) is 0 Å². The number of rotatable bonds is 7. The zero-order chi connectivity index (χ0) is 24.4. The second kappa shape index (κ2) is 10.0. The van der Waals surface area contributed by atoms with E-state index < -0.39 is 0 Å². The molecule has 0 aliphatic carbocycles. The first-order chi connectivity index (χ1) is 17.0. The highest BCUT2D eigenvalue weighted by Crippen LogP contribution is 2.33. The summed E-state index contributed by atoms with van der Waals surface area (Å²) in [5.74, 6) is 0.784. The summed E-state index contributed by atoms with van der Waals surface area (Å²) in [5.41, 5.74) is 3.94. The molecule has 0 saturated heterocycles. The molecule has 4 aromatic rings. The Balaban J connectivity index is 1.34. The van der Waals surface area contributed by atoms with E-state index in [2.05, 4.69) is 18.0 Å². The number of aryl methyl sites for hydroxylation is 1. The van der Waals surface area contributed by atoms with E-state index in [9.17, 15) is 9.59 Å². The second-order valence-corrected chi connectivity index (χ2v) is 10.1. The molecule has 1 aliphatic rings. The first kappa shape index (κ1) is 23.3. The van der Waals surface area contributed by atoms with Crippen molar-refractivity contribution in [2.75, 3.05) is 13.2 Å². The van der Waals surface area contributed by atoms with Crippen LogP contribution in [0.25, 0.3) is 10.2 Å². The Kier molecular flexibility index (Phi) is 6.68. The molecule has 0 N–H and O–H groups in total. The zero-order valence-electron chi connectivity index (χ0n) is 20.1. The van der Waals surface area contributed by atoms with E-state index in [4.69, 9.17) is 4.74 Å². The number of unbranched alkanes of at least 4 members (excludes halogenated alkanes) is 1. The van der Waals surface area contributed by atoms with Crippen LogP contribution < -0.4 is 10.3 Å². The molecule has 0 fully saturated rings. The number of fused-ring (bicyclic) bond motifs is 3. The van der Waals surface area contributed by atoms with E-state index in [1.54, 1.807) is 10.9 Å². The number of nitrogens with zero attached hydrogens (tertiary/aromatic N) is 3. The van der Waals surface area contributed by atoms with Crippen LogP contribution in [0.15, 0.2) is 59.7 Å². The molecule has 2 aromatic carbocycles. The van der Waals surface area contributed by atoms with Gasteiger partial charge in [-0.15, -0.1) is 11.3 Å². The van der Waals surface area contributed by atoms with Crippen molar-refractivity contribution in [1.82, 2.24) is 14.5 Å². The van der Waals surface area contributed by atoms with Crippen LogP contribution in [0, 0.1) is 6.92 Å². The summed E-state index contributed by atoms with van der Waals surface area (Å²) in [6.45, 7) is 6.44. The van der Waals surface area contributed by atoms with Crippen molar-refractivity contribution in [2.45, 2.75) is 46.2 Å².